The van der Waals surface area contributed by atoms with Crippen LogP contribution in [0.5, 0.6) is 0 Å². The molecule has 3 aromatic rings. The number of allylic oxidation sites excluding steroid dienone is 15. The third-order valence-electron chi connectivity index (χ3n) is 6.15. The zero-order valence-electron chi connectivity index (χ0n) is 21.1. The number of aryl methyl sites for hydroxylation is 1. The topological polar surface area (TPSA) is 0 Å². The summed E-state index contributed by atoms with van der Waals surface area (Å²) in [6.07, 6.45) is 29.5. The fourth-order valence-corrected chi connectivity index (χ4v) is 4.22. The summed E-state index contributed by atoms with van der Waals surface area (Å²) in [7, 11) is 0. The zero-order chi connectivity index (χ0) is 25.2. The van der Waals surface area contributed by atoms with Gasteiger partial charge in [0.25, 0.3) is 0 Å². The van der Waals surface area contributed by atoms with Crippen molar-refractivity contribution in [2.45, 2.75) is 13.8 Å². The summed E-state index contributed by atoms with van der Waals surface area (Å²) in [4.78, 5) is 0. The maximum atomic E-state index is 3.94. The number of fused-ring (bicyclic) bond motifs is 2. The smallest absolute Gasteiger partial charge is 0.0178 e. The average Bonchev–Trinajstić information content (AvgIpc) is 2.89. The molecule has 0 unspecified atom stereocenters. The number of hydrogen-bond donors (Lipinski definition) is 0. The monoisotopic (exact) mass is 464 g/mol. The Morgan fingerprint density at radius 2 is 1.42 bits per heavy atom. The van der Waals surface area contributed by atoms with E-state index >= 15 is 0 Å². The second-order valence-electron chi connectivity index (χ2n) is 8.71. The van der Waals surface area contributed by atoms with Gasteiger partial charge in [-0.2, -0.15) is 0 Å². The number of benzene rings is 3. The summed E-state index contributed by atoms with van der Waals surface area (Å²) >= 11 is 0. The Hall–Kier alpha value is -4.42. The van der Waals surface area contributed by atoms with Crippen molar-refractivity contribution < 1.29 is 0 Å². The zero-order valence-corrected chi connectivity index (χ0v) is 21.1. The molecule has 1 aliphatic rings. The van der Waals surface area contributed by atoms with Crippen molar-refractivity contribution in [1.82, 2.24) is 0 Å². The van der Waals surface area contributed by atoms with Gasteiger partial charge in [-0.05, 0) is 63.4 Å². The van der Waals surface area contributed by atoms with Crippen LogP contribution < -0.4 is 10.4 Å². The van der Waals surface area contributed by atoms with Crippen LogP contribution >= 0.6 is 0 Å². The second-order valence-corrected chi connectivity index (χ2v) is 8.71. The van der Waals surface area contributed by atoms with E-state index in [-0.39, 0.29) is 0 Å². The van der Waals surface area contributed by atoms with Crippen LogP contribution in [0.25, 0.3) is 28.5 Å². The molecule has 3 aromatic carbocycles. The Kier molecular flexibility index (Phi) is 8.46. The average molecular weight is 465 g/mol. The lowest BCUT2D eigenvalue weighted by molar-refractivity contribution is 1.40. The predicted molar refractivity (Wildman–Crippen MR) is 160 cm³/mol. The molecule has 0 aliphatic heterocycles. The molecule has 0 saturated heterocycles. The van der Waals surface area contributed by atoms with Crippen LogP contribution in [0.4, 0.5) is 0 Å². The van der Waals surface area contributed by atoms with Gasteiger partial charge in [-0.3, -0.25) is 0 Å². The second kappa shape index (κ2) is 12.3. The van der Waals surface area contributed by atoms with Gasteiger partial charge in [-0.1, -0.05) is 152 Å². The Balaban J connectivity index is 1.85. The van der Waals surface area contributed by atoms with Crippen molar-refractivity contribution >= 4 is 28.5 Å². The predicted octanol–water partition coefficient (Wildman–Crippen LogP) is 8.09. The van der Waals surface area contributed by atoms with Crippen LogP contribution in [-0.2, 0) is 0 Å². The van der Waals surface area contributed by atoms with Crippen LogP contribution in [0.1, 0.15) is 18.1 Å². The van der Waals surface area contributed by atoms with E-state index in [4.69, 9.17) is 0 Å². The molecule has 176 valence electrons. The molecule has 0 atom stereocenters. The third kappa shape index (κ3) is 6.37. The molecule has 4 rings (SSSR count). The molecule has 1 aliphatic carbocycles. The minimum atomic E-state index is 1.11. The van der Waals surface area contributed by atoms with Crippen molar-refractivity contribution in [2.24, 2.45) is 0 Å². The van der Waals surface area contributed by atoms with Crippen LogP contribution in [0.15, 0.2) is 151 Å². The normalized spacial score (nSPS) is 23.3. The molecule has 0 amide bonds. The SMILES string of the molecule is C=C/C=C1/C=C\C=c2/ccc(C)c/c2=C/C=C/C=C\C=C(c2ccc3ccccc3c2)\C=C/C1=C/C. The molecule has 0 bridgehead atoms. The lowest BCUT2D eigenvalue weighted by Crippen LogP contribution is -2.23. The van der Waals surface area contributed by atoms with E-state index in [0.29, 0.717) is 0 Å². The Morgan fingerprint density at radius 3 is 2.22 bits per heavy atom. The highest BCUT2D eigenvalue weighted by atomic mass is 14.1. The van der Waals surface area contributed by atoms with Crippen molar-refractivity contribution in [3.8, 4) is 0 Å². The van der Waals surface area contributed by atoms with Crippen molar-refractivity contribution in [2.75, 3.05) is 0 Å². The fourth-order valence-electron chi connectivity index (χ4n) is 4.22. The lowest BCUT2D eigenvalue weighted by atomic mass is 9.98. The Morgan fingerprint density at radius 1 is 0.639 bits per heavy atom. The van der Waals surface area contributed by atoms with Gasteiger partial charge in [0.1, 0.15) is 0 Å². The molecule has 0 heteroatoms. The minimum absolute atomic E-state index is 1.11. The molecule has 0 heterocycles. The molecular weight excluding hydrogens is 432 g/mol. The molecule has 0 spiro atoms. The molecule has 36 heavy (non-hydrogen) atoms. The van der Waals surface area contributed by atoms with Crippen LogP contribution in [0, 0.1) is 6.92 Å². The van der Waals surface area contributed by atoms with Crippen LogP contribution in [-0.4, -0.2) is 0 Å². The summed E-state index contributed by atoms with van der Waals surface area (Å²) < 4.78 is 0. The van der Waals surface area contributed by atoms with Crippen molar-refractivity contribution in [3.05, 3.63) is 173 Å². The van der Waals surface area contributed by atoms with Crippen molar-refractivity contribution in [3.63, 3.8) is 0 Å². The van der Waals surface area contributed by atoms with Gasteiger partial charge in [-0.15, -0.1) is 0 Å². The van der Waals surface area contributed by atoms with Crippen LogP contribution in [0.2, 0.25) is 0 Å². The fraction of sp³-hybridized carbons (Fsp3) is 0.0556. The largest absolute Gasteiger partial charge is 0.0990 e. The van der Waals surface area contributed by atoms with Gasteiger partial charge in [0.2, 0.25) is 0 Å². The maximum absolute atomic E-state index is 3.94. The standard InChI is InChI=1S/C36H32/c1-4-13-30-18-12-19-33-21-20-28(3)26-34(33)16-9-7-6-8-14-32(23-22-29(30)5-2)36-25-24-31-15-10-11-17-35(31)27-36/h4-27H,1H2,2-3H3/b8-6-,9-7+,18-12-,23-22-,29-5-,30-13-,32-14-,33-19+,34-16-. The first-order valence-electron chi connectivity index (χ1n) is 12.3. The highest BCUT2D eigenvalue weighted by Gasteiger charge is 2.02. The highest BCUT2D eigenvalue weighted by Crippen LogP contribution is 2.24. The van der Waals surface area contributed by atoms with E-state index in [9.17, 15) is 0 Å². The minimum Gasteiger partial charge on any atom is -0.0990 e. The summed E-state index contributed by atoms with van der Waals surface area (Å²) in [5.74, 6) is 0. The first-order valence-corrected chi connectivity index (χ1v) is 12.3. The quantitative estimate of drug-likeness (QED) is 0.359. The molecule has 0 nitrogen and oxygen atoms in total. The Bertz CT molecular complexity index is 1590. The van der Waals surface area contributed by atoms with Gasteiger partial charge >= 0.3 is 0 Å². The van der Waals surface area contributed by atoms with E-state index in [1.54, 1.807) is 0 Å². The summed E-state index contributed by atoms with van der Waals surface area (Å²) in [5.41, 5.74) is 5.83. The van der Waals surface area contributed by atoms with Gasteiger partial charge in [0.15, 0.2) is 0 Å². The van der Waals surface area contributed by atoms with Gasteiger partial charge in [0.05, 0.1) is 0 Å². The highest BCUT2D eigenvalue weighted by molar-refractivity contribution is 5.88. The van der Waals surface area contributed by atoms with Gasteiger partial charge in [-0.25, -0.2) is 0 Å². The first kappa shape index (κ1) is 24.7. The van der Waals surface area contributed by atoms with Gasteiger partial charge in [0, 0.05) is 0 Å². The molecular formula is C36H32. The maximum Gasteiger partial charge on any atom is -0.0178 e. The number of rotatable bonds is 2. The van der Waals surface area contributed by atoms with E-state index in [2.05, 4.69) is 160 Å². The summed E-state index contributed by atoms with van der Waals surface area (Å²) in [6.45, 7) is 8.13. The summed E-state index contributed by atoms with van der Waals surface area (Å²) in [5, 5.41) is 4.87. The van der Waals surface area contributed by atoms with Crippen molar-refractivity contribution in [1.29, 1.82) is 0 Å². The summed E-state index contributed by atoms with van der Waals surface area (Å²) in [6, 6.07) is 21.7. The molecule has 0 fully saturated rings. The van der Waals surface area contributed by atoms with E-state index in [0.717, 1.165) is 16.7 Å². The van der Waals surface area contributed by atoms with E-state index in [1.807, 2.05) is 6.08 Å². The van der Waals surface area contributed by atoms with E-state index < -0.39 is 0 Å². The lowest BCUT2D eigenvalue weighted by Gasteiger charge is -2.07. The van der Waals surface area contributed by atoms with Gasteiger partial charge < -0.3 is 0 Å². The molecule has 0 aromatic heterocycles. The molecule has 0 saturated carbocycles. The molecule has 0 N–H and O–H groups in total. The first-order chi connectivity index (χ1) is 17.7. The molecule has 0 radical (unpaired) electrons. The van der Waals surface area contributed by atoms with Crippen LogP contribution in [0.3, 0.4) is 0 Å². The Labute approximate surface area is 215 Å². The number of hydrogen-bond acceptors (Lipinski definition) is 0. The van der Waals surface area contributed by atoms with E-state index in [1.165, 1.54) is 32.3 Å². The third-order valence-corrected chi connectivity index (χ3v) is 6.15.